The lowest BCUT2D eigenvalue weighted by Crippen LogP contribution is -2.48. The third kappa shape index (κ3) is 4.10. The second-order valence-electron chi connectivity index (χ2n) is 7.98. The van der Waals surface area contributed by atoms with Crippen LogP contribution in [0.1, 0.15) is 80.6 Å². The molecule has 1 saturated carbocycles. The summed E-state index contributed by atoms with van der Waals surface area (Å²) in [6.45, 7) is 17.8. The second-order valence-corrected chi connectivity index (χ2v) is 13.4. The molecule has 0 radical (unpaired) electrons. The average Bonchev–Trinajstić information content (AvgIpc) is 2.35. The molecule has 0 aliphatic heterocycles. The van der Waals surface area contributed by atoms with Crippen molar-refractivity contribution in [2.24, 2.45) is 11.8 Å². The SMILES string of the molecule is CC1CCCCC1CCO[Si](C(C)C)(C(C)C)C(C)C. The van der Waals surface area contributed by atoms with Crippen molar-refractivity contribution in [1.82, 2.24) is 0 Å². The van der Waals surface area contributed by atoms with Gasteiger partial charge < -0.3 is 4.43 Å². The second kappa shape index (κ2) is 7.98. The fourth-order valence-electron chi connectivity index (χ4n) is 4.71. The van der Waals surface area contributed by atoms with Gasteiger partial charge >= 0.3 is 0 Å². The van der Waals surface area contributed by atoms with E-state index in [1.165, 1.54) is 32.1 Å². The molecule has 1 aliphatic rings. The first-order chi connectivity index (χ1) is 9.32. The van der Waals surface area contributed by atoms with E-state index >= 15 is 0 Å². The highest BCUT2D eigenvalue weighted by atomic mass is 28.4. The van der Waals surface area contributed by atoms with Gasteiger partial charge in [0.1, 0.15) is 0 Å². The third-order valence-electron chi connectivity index (χ3n) is 5.84. The Morgan fingerprint density at radius 1 is 0.900 bits per heavy atom. The molecular weight excluding hydrogens is 260 g/mol. The molecule has 0 aromatic heterocycles. The molecule has 1 fully saturated rings. The molecule has 0 bridgehead atoms. The lowest BCUT2D eigenvalue weighted by molar-refractivity contribution is 0.185. The highest BCUT2D eigenvalue weighted by Gasteiger charge is 2.44. The highest BCUT2D eigenvalue weighted by Crippen LogP contribution is 2.42. The van der Waals surface area contributed by atoms with Crippen LogP contribution in [0.4, 0.5) is 0 Å². The zero-order valence-electron chi connectivity index (χ0n) is 15.0. The van der Waals surface area contributed by atoms with Crippen molar-refractivity contribution in [1.29, 1.82) is 0 Å². The first-order valence-corrected chi connectivity index (χ1v) is 11.1. The first kappa shape index (κ1) is 18.2. The van der Waals surface area contributed by atoms with Crippen molar-refractivity contribution in [2.45, 2.75) is 97.2 Å². The van der Waals surface area contributed by atoms with E-state index in [1.807, 2.05) is 0 Å². The molecule has 120 valence electrons. The average molecular weight is 299 g/mol. The Morgan fingerprint density at radius 3 is 1.85 bits per heavy atom. The lowest BCUT2D eigenvalue weighted by Gasteiger charge is -2.42. The van der Waals surface area contributed by atoms with Gasteiger partial charge in [-0.15, -0.1) is 0 Å². The van der Waals surface area contributed by atoms with Crippen LogP contribution >= 0.6 is 0 Å². The van der Waals surface area contributed by atoms with Gasteiger partial charge in [0.15, 0.2) is 8.32 Å². The lowest BCUT2D eigenvalue weighted by atomic mass is 9.79. The van der Waals surface area contributed by atoms with Crippen molar-refractivity contribution in [2.75, 3.05) is 6.61 Å². The Kier molecular flexibility index (Phi) is 7.27. The van der Waals surface area contributed by atoms with Crippen LogP contribution in [0.25, 0.3) is 0 Å². The van der Waals surface area contributed by atoms with Gasteiger partial charge in [0.05, 0.1) is 0 Å². The van der Waals surface area contributed by atoms with Gasteiger partial charge in [0, 0.05) is 6.61 Å². The maximum Gasteiger partial charge on any atom is 0.200 e. The summed E-state index contributed by atoms with van der Waals surface area (Å²) in [6, 6.07) is 0. The van der Waals surface area contributed by atoms with Crippen molar-refractivity contribution < 1.29 is 4.43 Å². The van der Waals surface area contributed by atoms with E-state index in [1.54, 1.807) is 0 Å². The van der Waals surface area contributed by atoms with Gasteiger partial charge in [0.2, 0.25) is 0 Å². The molecule has 1 nitrogen and oxygen atoms in total. The molecule has 0 spiro atoms. The molecule has 0 aromatic carbocycles. The third-order valence-corrected chi connectivity index (χ3v) is 12.0. The van der Waals surface area contributed by atoms with E-state index in [0.29, 0.717) is 16.6 Å². The predicted molar refractivity (Wildman–Crippen MR) is 92.7 cm³/mol. The topological polar surface area (TPSA) is 9.23 Å². The molecular formula is C18H38OSi. The molecule has 20 heavy (non-hydrogen) atoms. The minimum atomic E-state index is -1.63. The van der Waals surface area contributed by atoms with Crippen LogP contribution in [0.2, 0.25) is 16.6 Å². The van der Waals surface area contributed by atoms with Crippen LogP contribution in [0.3, 0.4) is 0 Å². The summed E-state index contributed by atoms with van der Waals surface area (Å²) in [6.07, 6.45) is 7.05. The molecule has 0 aromatic rings. The molecule has 2 atom stereocenters. The molecule has 2 unspecified atom stereocenters. The number of hydrogen-bond acceptors (Lipinski definition) is 1. The normalized spacial score (nSPS) is 24.9. The predicted octanol–water partition coefficient (Wildman–Crippen LogP) is 6.39. The summed E-state index contributed by atoms with van der Waals surface area (Å²) in [5.74, 6) is 1.84. The van der Waals surface area contributed by atoms with Crippen molar-refractivity contribution in [3.63, 3.8) is 0 Å². The van der Waals surface area contributed by atoms with E-state index in [2.05, 4.69) is 48.5 Å². The zero-order valence-corrected chi connectivity index (χ0v) is 16.0. The monoisotopic (exact) mass is 298 g/mol. The Morgan fingerprint density at radius 2 is 1.40 bits per heavy atom. The van der Waals surface area contributed by atoms with Crippen LogP contribution in [0, 0.1) is 11.8 Å². The Labute approximate surface area is 129 Å². The molecule has 1 rings (SSSR count). The molecule has 2 heteroatoms. The summed E-state index contributed by atoms with van der Waals surface area (Å²) in [5.41, 5.74) is 2.14. The van der Waals surface area contributed by atoms with Gasteiger partial charge in [-0.1, -0.05) is 74.1 Å². The Hall–Kier alpha value is 0.177. The summed E-state index contributed by atoms with van der Waals surface area (Å²) >= 11 is 0. The number of hydrogen-bond donors (Lipinski definition) is 0. The Balaban J connectivity index is 2.58. The summed E-state index contributed by atoms with van der Waals surface area (Å²) in [5, 5.41) is 0. The van der Waals surface area contributed by atoms with Gasteiger partial charge in [-0.3, -0.25) is 0 Å². The van der Waals surface area contributed by atoms with E-state index < -0.39 is 8.32 Å². The fourth-order valence-corrected chi connectivity index (χ4v) is 10.2. The largest absolute Gasteiger partial charge is 0.416 e. The van der Waals surface area contributed by atoms with Crippen molar-refractivity contribution in [3.05, 3.63) is 0 Å². The molecule has 0 amide bonds. The maximum atomic E-state index is 6.70. The Bertz CT molecular complexity index is 251. The van der Waals surface area contributed by atoms with Crippen LogP contribution in [0.15, 0.2) is 0 Å². The van der Waals surface area contributed by atoms with Gasteiger partial charge in [-0.05, 0) is 34.9 Å². The van der Waals surface area contributed by atoms with Crippen LogP contribution in [-0.2, 0) is 4.43 Å². The van der Waals surface area contributed by atoms with Crippen molar-refractivity contribution in [3.8, 4) is 0 Å². The first-order valence-electron chi connectivity index (χ1n) is 8.96. The van der Waals surface area contributed by atoms with Crippen molar-refractivity contribution >= 4 is 8.32 Å². The van der Waals surface area contributed by atoms with Crippen LogP contribution < -0.4 is 0 Å². The maximum absolute atomic E-state index is 6.70. The minimum Gasteiger partial charge on any atom is -0.416 e. The molecule has 1 aliphatic carbocycles. The van der Waals surface area contributed by atoms with Crippen LogP contribution in [0.5, 0.6) is 0 Å². The highest BCUT2D eigenvalue weighted by molar-refractivity contribution is 6.77. The zero-order chi connectivity index (χ0) is 15.3. The van der Waals surface area contributed by atoms with Gasteiger partial charge in [-0.2, -0.15) is 0 Å². The molecule has 0 N–H and O–H groups in total. The number of rotatable bonds is 7. The smallest absolute Gasteiger partial charge is 0.200 e. The summed E-state index contributed by atoms with van der Waals surface area (Å²) < 4.78 is 6.70. The standard InChI is InChI=1S/C18H38OSi/c1-14(2)20(15(3)4,16(5)6)19-13-12-18-11-9-8-10-17(18)7/h14-18H,8-13H2,1-7H3. The summed E-state index contributed by atoms with van der Waals surface area (Å²) in [7, 11) is -1.63. The van der Waals surface area contributed by atoms with E-state index in [9.17, 15) is 0 Å². The van der Waals surface area contributed by atoms with E-state index in [0.717, 1.165) is 18.4 Å². The van der Waals surface area contributed by atoms with Gasteiger partial charge in [-0.25, -0.2) is 0 Å². The molecule has 0 saturated heterocycles. The van der Waals surface area contributed by atoms with Gasteiger partial charge in [0.25, 0.3) is 0 Å². The van der Waals surface area contributed by atoms with E-state index in [4.69, 9.17) is 4.43 Å². The van der Waals surface area contributed by atoms with E-state index in [-0.39, 0.29) is 0 Å². The fraction of sp³-hybridized carbons (Fsp3) is 1.00. The van der Waals surface area contributed by atoms with Crippen LogP contribution in [-0.4, -0.2) is 14.9 Å². The quantitative estimate of drug-likeness (QED) is 0.494. The molecule has 0 heterocycles. The minimum absolute atomic E-state index is 0.714. The summed E-state index contributed by atoms with van der Waals surface area (Å²) in [4.78, 5) is 0.